The quantitative estimate of drug-likeness (QED) is 0.805. The number of ether oxygens (including phenoxy) is 1. The fraction of sp³-hybridized carbons (Fsp3) is 0.467. The van der Waals surface area contributed by atoms with E-state index in [1.807, 2.05) is 37.3 Å². The number of hydrogen-bond donors (Lipinski definition) is 0. The fourth-order valence-corrected chi connectivity index (χ4v) is 2.63. The van der Waals surface area contributed by atoms with Gasteiger partial charge >= 0.3 is 6.09 Å². The Hall–Kier alpha value is -1.55. The number of piperidine rings is 1. The second kappa shape index (κ2) is 6.75. The maximum Gasteiger partial charge on any atom is 0.410 e. The molecular weight excluding hydrogens is 278 g/mol. The number of carbonyl (C=O) groups is 2. The highest BCUT2D eigenvalue weighted by Gasteiger charge is 2.33. The number of amides is 1. The molecule has 1 aliphatic rings. The maximum atomic E-state index is 12.0. The molecule has 1 aromatic rings. The molecule has 0 N–H and O–H groups in total. The molecule has 0 saturated carbocycles. The molecule has 4 nitrogen and oxygen atoms in total. The summed E-state index contributed by atoms with van der Waals surface area (Å²) in [5, 5.41) is -0.377. The summed E-state index contributed by atoms with van der Waals surface area (Å²) in [7, 11) is 0. The van der Waals surface area contributed by atoms with Crippen LogP contribution in [0.2, 0.25) is 0 Å². The van der Waals surface area contributed by atoms with Gasteiger partial charge in [-0.3, -0.25) is 4.79 Å². The van der Waals surface area contributed by atoms with Crippen LogP contribution in [-0.4, -0.2) is 29.3 Å². The Morgan fingerprint density at radius 1 is 1.35 bits per heavy atom. The van der Waals surface area contributed by atoms with Crippen LogP contribution >= 0.6 is 11.6 Å². The van der Waals surface area contributed by atoms with E-state index in [0.29, 0.717) is 13.1 Å². The summed E-state index contributed by atoms with van der Waals surface area (Å²) in [5.74, 6) is -0.0899. The van der Waals surface area contributed by atoms with Crippen molar-refractivity contribution >= 4 is 22.9 Å². The Morgan fingerprint density at radius 3 is 2.70 bits per heavy atom. The van der Waals surface area contributed by atoms with E-state index in [1.54, 1.807) is 4.90 Å². The van der Waals surface area contributed by atoms with Gasteiger partial charge < -0.3 is 9.64 Å². The van der Waals surface area contributed by atoms with Crippen LogP contribution in [0.15, 0.2) is 30.3 Å². The van der Waals surface area contributed by atoms with Crippen molar-refractivity contribution in [1.82, 2.24) is 4.90 Å². The second-order valence-corrected chi connectivity index (χ2v) is 5.54. The van der Waals surface area contributed by atoms with E-state index in [-0.39, 0.29) is 29.8 Å². The molecule has 108 valence electrons. The third-order valence-corrected chi connectivity index (χ3v) is 3.99. The number of hydrogen-bond acceptors (Lipinski definition) is 3. The number of rotatable bonds is 3. The molecule has 1 aliphatic heterocycles. The average Bonchev–Trinajstić information content (AvgIpc) is 2.46. The molecule has 0 aliphatic carbocycles. The molecule has 1 fully saturated rings. The highest BCUT2D eigenvalue weighted by molar-refractivity contribution is 6.64. The number of nitrogens with zero attached hydrogens (tertiary/aromatic N) is 1. The van der Waals surface area contributed by atoms with Crippen LogP contribution < -0.4 is 0 Å². The summed E-state index contributed by atoms with van der Waals surface area (Å²) < 4.78 is 5.26. The van der Waals surface area contributed by atoms with Gasteiger partial charge in [-0.1, -0.05) is 37.3 Å². The maximum absolute atomic E-state index is 12.0. The first-order valence-corrected chi connectivity index (χ1v) is 7.10. The third kappa shape index (κ3) is 3.73. The Labute approximate surface area is 123 Å². The normalized spacial score (nSPS) is 22.4. The predicted molar refractivity (Wildman–Crippen MR) is 76.3 cm³/mol. The van der Waals surface area contributed by atoms with E-state index in [1.165, 1.54) is 0 Å². The summed E-state index contributed by atoms with van der Waals surface area (Å²) in [4.78, 5) is 24.9. The smallest absolute Gasteiger partial charge is 0.410 e. The lowest BCUT2D eigenvalue weighted by molar-refractivity contribution is -0.118. The van der Waals surface area contributed by atoms with Gasteiger partial charge in [0.1, 0.15) is 6.61 Å². The highest BCUT2D eigenvalue weighted by Crippen LogP contribution is 2.25. The zero-order valence-electron chi connectivity index (χ0n) is 11.4. The molecular formula is C15H18ClNO3. The van der Waals surface area contributed by atoms with E-state index in [0.717, 1.165) is 12.0 Å². The fourth-order valence-electron chi connectivity index (χ4n) is 2.34. The SMILES string of the molecule is CC1CCN(C(=O)OCc2ccccc2)CC1C(=O)Cl. The minimum atomic E-state index is -0.385. The molecule has 1 saturated heterocycles. The van der Waals surface area contributed by atoms with Crippen LogP contribution in [0.4, 0.5) is 4.79 Å². The molecule has 2 rings (SSSR count). The zero-order chi connectivity index (χ0) is 14.5. The summed E-state index contributed by atoms with van der Waals surface area (Å²) in [6, 6.07) is 9.50. The highest BCUT2D eigenvalue weighted by atomic mass is 35.5. The van der Waals surface area contributed by atoms with E-state index in [2.05, 4.69) is 0 Å². The van der Waals surface area contributed by atoms with Gasteiger partial charge in [-0.05, 0) is 29.5 Å². The molecule has 5 heteroatoms. The minimum Gasteiger partial charge on any atom is -0.445 e. The van der Waals surface area contributed by atoms with Crippen LogP contribution in [0.5, 0.6) is 0 Å². The van der Waals surface area contributed by atoms with Crippen molar-refractivity contribution in [3.05, 3.63) is 35.9 Å². The topological polar surface area (TPSA) is 46.6 Å². The monoisotopic (exact) mass is 295 g/mol. The first-order chi connectivity index (χ1) is 9.58. The lowest BCUT2D eigenvalue weighted by atomic mass is 9.88. The van der Waals surface area contributed by atoms with Gasteiger partial charge in [-0.15, -0.1) is 0 Å². The lowest BCUT2D eigenvalue weighted by Gasteiger charge is -2.34. The van der Waals surface area contributed by atoms with Gasteiger partial charge in [-0.2, -0.15) is 0 Å². The van der Waals surface area contributed by atoms with E-state index in [9.17, 15) is 9.59 Å². The van der Waals surface area contributed by atoms with Crippen LogP contribution in [0.25, 0.3) is 0 Å². The zero-order valence-corrected chi connectivity index (χ0v) is 12.2. The van der Waals surface area contributed by atoms with Gasteiger partial charge in [0.2, 0.25) is 5.24 Å². The molecule has 0 aromatic heterocycles. The van der Waals surface area contributed by atoms with Gasteiger partial charge in [-0.25, -0.2) is 4.79 Å². The standard InChI is InChI=1S/C15H18ClNO3/c1-11-7-8-17(9-13(11)14(16)18)15(19)20-10-12-5-3-2-4-6-12/h2-6,11,13H,7-10H2,1H3. The van der Waals surface area contributed by atoms with Gasteiger partial charge in [0.15, 0.2) is 0 Å². The Balaban J connectivity index is 1.88. The summed E-state index contributed by atoms with van der Waals surface area (Å²) >= 11 is 5.58. The Kier molecular flexibility index (Phi) is 5.01. The van der Waals surface area contributed by atoms with Crippen molar-refractivity contribution in [1.29, 1.82) is 0 Å². The Morgan fingerprint density at radius 2 is 2.05 bits per heavy atom. The van der Waals surface area contributed by atoms with Gasteiger partial charge in [0.05, 0.1) is 5.92 Å². The third-order valence-electron chi connectivity index (χ3n) is 3.71. The summed E-state index contributed by atoms with van der Waals surface area (Å²) in [5.41, 5.74) is 0.941. The van der Waals surface area contributed by atoms with Crippen LogP contribution in [0.1, 0.15) is 18.9 Å². The molecule has 1 aromatic carbocycles. The molecule has 20 heavy (non-hydrogen) atoms. The second-order valence-electron chi connectivity index (χ2n) is 5.16. The number of carbonyl (C=O) groups excluding carboxylic acids is 2. The number of halogens is 1. The number of likely N-dealkylation sites (tertiary alicyclic amines) is 1. The number of benzene rings is 1. The lowest BCUT2D eigenvalue weighted by Crippen LogP contribution is -2.45. The molecule has 1 amide bonds. The van der Waals surface area contributed by atoms with E-state index in [4.69, 9.17) is 16.3 Å². The predicted octanol–water partition coefficient (Wildman–Crippen LogP) is 3.05. The first kappa shape index (κ1) is 14.9. The van der Waals surface area contributed by atoms with Crippen LogP contribution in [-0.2, 0) is 16.1 Å². The largest absolute Gasteiger partial charge is 0.445 e. The summed E-state index contributed by atoms with van der Waals surface area (Å²) in [6.07, 6.45) is 0.382. The molecule has 0 radical (unpaired) electrons. The van der Waals surface area contributed by atoms with Crippen molar-refractivity contribution in [2.75, 3.05) is 13.1 Å². The molecule has 1 heterocycles. The van der Waals surface area contributed by atoms with Crippen LogP contribution in [0.3, 0.4) is 0 Å². The van der Waals surface area contributed by atoms with Crippen molar-refractivity contribution in [3.63, 3.8) is 0 Å². The molecule has 2 atom stereocenters. The van der Waals surface area contributed by atoms with Gasteiger partial charge in [0, 0.05) is 13.1 Å². The van der Waals surface area contributed by atoms with Crippen LogP contribution in [0, 0.1) is 11.8 Å². The minimum absolute atomic E-state index is 0.207. The van der Waals surface area contributed by atoms with Crippen molar-refractivity contribution in [3.8, 4) is 0 Å². The Bertz CT molecular complexity index is 477. The van der Waals surface area contributed by atoms with E-state index < -0.39 is 0 Å². The van der Waals surface area contributed by atoms with Crippen molar-refractivity contribution in [2.45, 2.75) is 20.0 Å². The summed E-state index contributed by atoms with van der Waals surface area (Å²) in [6.45, 7) is 3.18. The van der Waals surface area contributed by atoms with Gasteiger partial charge in [0.25, 0.3) is 0 Å². The van der Waals surface area contributed by atoms with Crippen molar-refractivity contribution in [2.24, 2.45) is 11.8 Å². The van der Waals surface area contributed by atoms with Crippen molar-refractivity contribution < 1.29 is 14.3 Å². The molecule has 0 bridgehead atoms. The average molecular weight is 296 g/mol. The first-order valence-electron chi connectivity index (χ1n) is 6.73. The molecule has 2 unspecified atom stereocenters. The van der Waals surface area contributed by atoms with E-state index >= 15 is 0 Å². The molecule has 0 spiro atoms.